The number of carbonyl (C=O) groups is 1. The SMILES string of the molecule is CCCOc1ccc(C(=O)c2ccc(C)c(F)c2)cc1Br. The molecule has 0 saturated carbocycles. The van der Waals surface area contributed by atoms with Gasteiger partial charge in [-0.2, -0.15) is 0 Å². The molecule has 2 nitrogen and oxygen atoms in total. The van der Waals surface area contributed by atoms with Crippen molar-refractivity contribution in [2.75, 3.05) is 6.61 Å². The van der Waals surface area contributed by atoms with Gasteiger partial charge in [0.1, 0.15) is 11.6 Å². The van der Waals surface area contributed by atoms with Gasteiger partial charge in [-0.1, -0.05) is 19.1 Å². The predicted molar refractivity (Wildman–Crippen MR) is 84.5 cm³/mol. The van der Waals surface area contributed by atoms with E-state index in [9.17, 15) is 9.18 Å². The molecule has 0 saturated heterocycles. The van der Waals surface area contributed by atoms with Crippen LogP contribution in [0.3, 0.4) is 0 Å². The molecule has 0 atom stereocenters. The standard InChI is InChI=1S/C17H16BrFO2/c1-3-8-21-16-7-6-12(9-14(16)18)17(20)13-5-4-11(2)15(19)10-13/h4-7,9-10H,3,8H2,1-2H3. The Hall–Kier alpha value is -1.68. The Balaban J connectivity index is 2.27. The van der Waals surface area contributed by atoms with Crippen molar-refractivity contribution in [2.45, 2.75) is 20.3 Å². The third kappa shape index (κ3) is 3.70. The minimum Gasteiger partial charge on any atom is -0.492 e. The molecule has 110 valence electrons. The van der Waals surface area contributed by atoms with E-state index in [1.54, 1.807) is 37.3 Å². The van der Waals surface area contributed by atoms with Crippen LogP contribution in [-0.2, 0) is 0 Å². The molecule has 0 unspecified atom stereocenters. The van der Waals surface area contributed by atoms with Crippen LogP contribution in [0.25, 0.3) is 0 Å². The van der Waals surface area contributed by atoms with Gasteiger partial charge in [0.25, 0.3) is 0 Å². The van der Waals surface area contributed by atoms with Crippen molar-refractivity contribution < 1.29 is 13.9 Å². The molecule has 21 heavy (non-hydrogen) atoms. The van der Waals surface area contributed by atoms with Crippen LogP contribution in [0, 0.1) is 12.7 Å². The van der Waals surface area contributed by atoms with Crippen LogP contribution in [0.2, 0.25) is 0 Å². The van der Waals surface area contributed by atoms with Gasteiger partial charge in [0.2, 0.25) is 0 Å². The Bertz CT molecular complexity index is 668. The Morgan fingerprint density at radius 2 is 1.86 bits per heavy atom. The van der Waals surface area contributed by atoms with E-state index in [4.69, 9.17) is 4.74 Å². The second-order valence-corrected chi connectivity index (χ2v) is 5.64. The third-order valence-electron chi connectivity index (χ3n) is 3.09. The Morgan fingerprint density at radius 1 is 1.19 bits per heavy atom. The van der Waals surface area contributed by atoms with Gasteiger partial charge in [-0.15, -0.1) is 0 Å². The smallest absolute Gasteiger partial charge is 0.193 e. The van der Waals surface area contributed by atoms with Crippen LogP contribution in [0.4, 0.5) is 4.39 Å². The molecule has 4 heteroatoms. The van der Waals surface area contributed by atoms with Gasteiger partial charge in [0.05, 0.1) is 11.1 Å². The van der Waals surface area contributed by atoms with Gasteiger partial charge in [-0.05, 0) is 59.1 Å². The van der Waals surface area contributed by atoms with Gasteiger partial charge in [-0.25, -0.2) is 4.39 Å². The molecule has 0 fully saturated rings. The molecule has 0 aliphatic rings. The maximum absolute atomic E-state index is 13.6. The summed E-state index contributed by atoms with van der Waals surface area (Å²) in [5.41, 5.74) is 1.36. The van der Waals surface area contributed by atoms with Crippen molar-refractivity contribution in [1.29, 1.82) is 0 Å². The normalized spacial score (nSPS) is 10.5. The average Bonchev–Trinajstić information content (AvgIpc) is 2.48. The van der Waals surface area contributed by atoms with E-state index in [1.807, 2.05) is 6.92 Å². The summed E-state index contributed by atoms with van der Waals surface area (Å²) in [4.78, 5) is 12.4. The fraction of sp³-hybridized carbons (Fsp3) is 0.235. The first-order valence-electron chi connectivity index (χ1n) is 6.76. The van der Waals surface area contributed by atoms with E-state index < -0.39 is 0 Å². The Labute approximate surface area is 132 Å². The van der Waals surface area contributed by atoms with Crippen molar-refractivity contribution in [3.8, 4) is 5.75 Å². The summed E-state index contributed by atoms with van der Waals surface area (Å²) >= 11 is 3.39. The lowest BCUT2D eigenvalue weighted by atomic mass is 10.0. The molecule has 0 heterocycles. The molecule has 2 rings (SSSR count). The number of ketones is 1. The van der Waals surface area contributed by atoms with E-state index in [0.29, 0.717) is 29.0 Å². The van der Waals surface area contributed by atoms with Crippen molar-refractivity contribution in [1.82, 2.24) is 0 Å². The summed E-state index contributed by atoms with van der Waals surface area (Å²) in [5.74, 6) is 0.114. The van der Waals surface area contributed by atoms with E-state index >= 15 is 0 Å². The van der Waals surface area contributed by atoms with Crippen molar-refractivity contribution >= 4 is 21.7 Å². The number of rotatable bonds is 5. The number of halogens is 2. The summed E-state index contributed by atoms with van der Waals surface area (Å²) in [7, 11) is 0. The van der Waals surface area contributed by atoms with E-state index in [0.717, 1.165) is 10.9 Å². The highest BCUT2D eigenvalue weighted by molar-refractivity contribution is 9.10. The first-order valence-corrected chi connectivity index (χ1v) is 7.55. The zero-order chi connectivity index (χ0) is 15.4. The van der Waals surface area contributed by atoms with Crippen LogP contribution in [-0.4, -0.2) is 12.4 Å². The predicted octanol–water partition coefficient (Wildman–Crippen LogP) is 4.92. The van der Waals surface area contributed by atoms with Crippen molar-refractivity contribution in [3.05, 3.63) is 63.4 Å². The van der Waals surface area contributed by atoms with Crippen molar-refractivity contribution in [2.24, 2.45) is 0 Å². The monoisotopic (exact) mass is 350 g/mol. The van der Waals surface area contributed by atoms with Crippen LogP contribution < -0.4 is 4.74 Å². The molecule has 0 aromatic heterocycles. The number of ether oxygens (including phenoxy) is 1. The molecule has 0 spiro atoms. The lowest BCUT2D eigenvalue weighted by Crippen LogP contribution is -2.03. The fourth-order valence-electron chi connectivity index (χ4n) is 1.87. The van der Waals surface area contributed by atoms with Crippen LogP contribution in [0.15, 0.2) is 40.9 Å². The van der Waals surface area contributed by atoms with Crippen LogP contribution >= 0.6 is 15.9 Å². The molecule has 0 amide bonds. The van der Waals surface area contributed by atoms with Crippen LogP contribution in [0.1, 0.15) is 34.8 Å². The molecule has 0 aliphatic heterocycles. The number of hydrogen-bond donors (Lipinski definition) is 0. The lowest BCUT2D eigenvalue weighted by molar-refractivity contribution is 0.103. The minimum absolute atomic E-state index is 0.211. The largest absolute Gasteiger partial charge is 0.492 e. The summed E-state index contributed by atoms with van der Waals surface area (Å²) in [5, 5.41) is 0. The molecular formula is C17H16BrFO2. The first kappa shape index (κ1) is 15.7. The summed E-state index contributed by atoms with van der Waals surface area (Å²) in [6.07, 6.45) is 0.912. The number of hydrogen-bond acceptors (Lipinski definition) is 2. The summed E-state index contributed by atoms with van der Waals surface area (Å²) in [6, 6.07) is 9.65. The maximum atomic E-state index is 13.6. The topological polar surface area (TPSA) is 26.3 Å². The number of aryl methyl sites for hydroxylation is 1. The molecule has 2 aromatic rings. The zero-order valence-corrected chi connectivity index (χ0v) is 13.5. The lowest BCUT2D eigenvalue weighted by Gasteiger charge is -2.09. The van der Waals surface area contributed by atoms with Gasteiger partial charge >= 0.3 is 0 Å². The Morgan fingerprint density at radius 3 is 2.48 bits per heavy atom. The fourth-order valence-corrected chi connectivity index (χ4v) is 2.37. The van der Waals surface area contributed by atoms with E-state index in [2.05, 4.69) is 15.9 Å². The first-order chi connectivity index (χ1) is 10.0. The molecule has 0 bridgehead atoms. The molecule has 2 aromatic carbocycles. The number of carbonyl (C=O) groups excluding carboxylic acids is 1. The quantitative estimate of drug-likeness (QED) is 0.715. The summed E-state index contributed by atoms with van der Waals surface area (Å²) < 4.78 is 19.8. The van der Waals surface area contributed by atoms with Gasteiger partial charge in [-0.3, -0.25) is 4.79 Å². The maximum Gasteiger partial charge on any atom is 0.193 e. The van der Waals surface area contributed by atoms with E-state index in [-0.39, 0.29) is 11.6 Å². The van der Waals surface area contributed by atoms with Gasteiger partial charge < -0.3 is 4.74 Å². The molecule has 0 N–H and O–H groups in total. The Kier molecular flexibility index (Phi) is 5.12. The van der Waals surface area contributed by atoms with E-state index in [1.165, 1.54) is 6.07 Å². The van der Waals surface area contributed by atoms with Gasteiger partial charge in [0, 0.05) is 11.1 Å². The molecular weight excluding hydrogens is 335 g/mol. The average molecular weight is 351 g/mol. The third-order valence-corrected chi connectivity index (χ3v) is 3.71. The molecule has 0 aliphatic carbocycles. The highest BCUT2D eigenvalue weighted by atomic mass is 79.9. The highest BCUT2D eigenvalue weighted by Gasteiger charge is 2.13. The second kappa shape index (κ2) is 6.85. The van der Waals surface area contributed by atoms with Crippen LogP contribution in [0.5, 0.6) is 5.75 Å². The highest BCUT2D eigenvalue weighted by Crippen LogP contribution is 2.27. The molecule has 0 radical (unpaired) electrons. The second-order valence-electron chi connectivity index (χ2n) is 4.79. The zero-order valence-electron chi connectivity index (χ0n) is 12.0. The minimum atomic E-state index is -0.372. The van der Waals surface area contributed by atoms with Gasteiger partial charge in [0.15, 0.2) is 5.78 Å². The number of benzene rings is 2. The van der Waals surface area contributed by atoms with Crippen molar-refractivity contribution in [3.63, 3.8) is 0 Å². The summed E-state index contributed by atoms with van der Waals surface area (Å²) in [6.45, 7) is 4.31.